The molecule has 0 heterocycles. The molecule has 0 bridgehead atoms. The summed E-state index contributed by atoms with van der Waals surface area (Å²) in [5.74, 6) is -1.52. The summed E-state index contributed by atoms with van der Waals surface area (Å²) in [6, 6.07) is 5.34. The van der Waals surface area contributed by atoms with Gasteiger partial charge in [0.25, 0.3) is 10.0 Å². The third-order valence-corrected chi connectivity index (χ3v) is 5.16. The van der Waals surface area contributed by atoms with Crippen LogP contribution in [-0.4, -0.2) is 8.42 Å². The summed E-state index contributed by atoms with van der Waals surface area (Å²) in [4.78, 5) is -0.267. The molecule has 0 saturated carbocycles. The van der Waals surface area contributed by atoms with E-state index in [4.69, 9.17) is 17.3 Å². The standard InChI is InChI=1S/C12H8BrClF2N2O2S/c13-7-4-10(16)11(17)5-12(7)21(19,20)18-6-1-2-8(14)9(15)3-6/h1-5,18H,17H2. The van der Waals surface area contributed by atoms with E-state index in [1.165, 1.54) is 12.1 Å². The highest BCUT2D eigenvalue weighted by Gasteiger charge is 2.20. The van der Waals surface area contributed by atoms with Gasteiger partial charge in [0.15, 0.2) is 0 Å². The van der Waals surface area contributed by atoms with Crippen molar-refractivity contribution >= 4 is 48.9 Å². The summed E-state index contributed by atoms with van der Waals surface area (Å²) in [5.41, 5.74) is 5.02. The molecule has 0 spiro atoms. The maximum Gasteiger partial charge on any atom is 0.263 e. The number of hydrogen-bond donors (Lipinski definition) is 2. The van der Waals surface area contributed by atoms with Crippen LogP contribution >= 0.6 is 27.5 Å². The van der Waals surface area contributed by atoms with Gasteiger partial charge in [0.05, 0.1) is 16.4 Å². The first-order valence-electron chi connectivity index (χ1n) is 5.43. The predicted molar refractivity (Wildman–Crippen MR) is 80.7 cm³/mol. The van der Waals surface area contributed by atoms with Crippen LogP contribution in [0.4, 0.5) is 20.2 Å². The van der Waals surface area contributed by atoms with Crippen molar-refractivity contribution < 1.29 is 17.2 Å². The van der Waals surface area contributed by atoms with Crippen molar-refractivity contribution in [1.82, 2.24) is 0 Å². The van der Waals surface area contributed by atoms with Gasteiger partial charge in [-0.2, -0.15) is 0 Å². The Labute approximate surface area is 133 Å². The lowest BCUT2D eigenvalue weighted by Gasteiger charge is -2.11. The zero-order valence-electron chi connectivity index (χ0n) is 10.2. The number of nitrogen functional groups attached to an aromatic ring is 1. The van der Waals surface area contributed by atoms with Crippen molar-refractivity contribution in [3.8, 4) is 0 Å². The van der Waals surface area contributed by atoms with Crippen LogP contribution in [0.3, 0.4) is 0 Å². The molecule has 2 aromatic carbocycles. The largest absolute Gasteiger partial charge is 0.396 e. The predicted octanol–water partition coefficient (Wildman–Crippen LogP) is 3.76. The summed E-state index contributed by atoms with van der Waals surface area (Å²) >= 11 is 8.46. The third-order valence-electron chi connectivity index (χ3n) is 2.51. The average Bonchev–Trinajstić information content (AvgIpc) is 2.37. The number of nitrogens with one attached hydrogen (secondary N) is 1. The second-order valence-corrected chi connectivity index (χ2v) is 6.95. The summed E-state index contributed by atoms with van der Waals surface area (Å²) in [7, 11) is -4.07. The molecule has 0 aliphatic carbocycles. The van der Waals surface area contributed by atoms with E-state index in [0.717, 1.165) is 18.2 Å². The molecular weight excluding hydrogens is 390 g/mol. The first kappa shape index (κ1) is 16.0. The van der Waals surface area contributed by atoms with Gasteiger partial charge in [0, 0.05) is 4.47 Å². The number of nitrogens with two attached hydrogens (primary N) is 1. The van der Waals surface area contributed by atoms with E-state index in [1.54, 1.807) is 0 Å². The van der Waals surface area contributed by atoms with Gasteiger partial charge < -0.3 is 5.73 Å². The topological polar surface area (TPSA) is 72.2 Å². The first-order chi connectivity index (χ1) is 9.70. The minimum Gasteiger partial charge on any atom is -0.396 e. The maximum atomic E-state index is 13.3. The molecule has 0 atom stereocenters. The van der Waals surface area contributed by atoms with E-state index in [0.29, 0.717) is 0 Å². The molecule has 2 rings (SSSR count). The summed E-state index contributed by atoms with van der Waals surface area (Å²) < 4.78 is 53.1. The molecule has 4 nitrogen and oxygen atoms in total. The van der Waals surface area contributed by atoms with Gasteiger partial charge in [0.2, 0.25) is 0 Å². The van der Waals surface area contributed by atoms with Crippen LogP contribution < -0.4 is 10.5 Å². The lowest BCUT2D eigenvalue weighted by Crippen LogP contribution is -2.14. The number of hydrogen-bond acceptors (Lipinski definition) is 3. The molecule has 0 aliphatic heterocycles. The van der Waals surface area contributed by atoms with Crippen LogP contribution in [0.2, 0.25) is 5.02 Å². The van der Waals surface area contributed by atoms with Gasteiger partial charge in [-0.25, -0.2) is 17.2 Å². The van der Waals surface area contributed by atoms with E-state index < -0.39 is 21.7 Å². The molecule has 0 fully saturated rings. The van der Waals surface area contributed by atoms with Crippen LogP contribution in [0.15, 0.2) is 39.7 Å². The highest BCUT2D eigenvalue weighted by Crippen LogP contribution is 2.29. The first-order valence-corrected chi connectivity index (χ1v) is 8.08. The highest BCUT2D eigenvalue weighted by atomic mass is 79.9. The van der Waals surface area contributed by atoms with Crippen LogP contribution in [0.5, 0.6) is 0 Å². The van der Waals surface area contributed by atoms with Gasteiger partial charge in [-0.1, -0.05) is 11.6 Å². The zero-order valence-corrected chi connectivity index (χ0v) is 13.4. The van der Waals surface area contributed by atoms with Gasteiger partial charge >= 0.3 is 0 Å². The minimum absolute atomic E-state index is 0.00358. The SMILES string of the molecule is Nc1cc(S(=O)(=O)Nc2ccc(Cl)c(F)c2)c(Br)cc1F. The summed E-state index contributed by atoms with van der Waals surface area (Å²) in [6.45, 7) is 0. The maximum absolute atomic E-state index is 13.3. The number of halogens is 4. The van der Waals surface area contributed by atoms with Crippen LogP contribution in [-0.2, 0) is 10.0 Å². The Balaban J connectivity index is 2.43. The Kier molecular flexibility index (Phi) is 4.40. The Morgan fingerprint density at radius 2 is 1.81 bits per heavy atom. The van der Waals surface area contributed by atoms with Gasteiger partial charge in [-0.3, -0.25) is 4.72 Å². The van der Waals surface area contributed by atoms with Crippen molar-refractivity contribution in [2.45, 2.75) is 4.90 Å². The monoisotopic (exact) mass is 396 g/mol. The van der Waals surface area contributed by atoms with Gasteiger partial charge in [-0.05, 0) is 46.3 Å². The van der Waals surface area contributed by atoms with E-state index in [1.807, 2.05) is 0 Å². The van der Waals surface area contributed by atoms with Crippen LogP contribution in [0.1, 0.15) is 0 Å². The number of rotatable bonds is 3. The van der Waals surface area contributed by atoms with Crippen molar-refractivity contribution in [2.24, 2.45) is 0 Å². The van der Waals surface area contributed by atoms with E-state index >= 15 is 0 Å². The van der Waals surface area contributed by atoms with Crippen molar-refractivity contribution in [1.29, 1.82) is 0 Å². The molecule has 112 valence electrons. The minimum atomic E-state index is -4.07. The Bertz CT molecular complexity index is 815. The molecular formula is C12H8BrClF2N2O2S. The molecule has 21 heavy (non-hydrogen) atoms. The molecule has 0 unspecified atom stereocenters. The molecule has 2 aromatic rings. The Hall–Kier alpha value is -1.38. The fourth-order valence-electron chi connectivity index (χ4n) is 1.52. The van der Waals surface area contributed by atoms with E-state index in [-0.39, 0.29) is 25.8 Å². The third kappa shape index (κ3) is 3.45. The average molecular weight is 398 g/mol. The number of anilines is 2. The second kappa shape index (κ2) is 5.78. The summed E-state index contributed by atoms with van der Waals surface area (Å²) in [5, 5.41) is -0.134. The summed E-state index contributed by atoms with van der Waals surface area (Å²) in [6.07, 6.45) is 0. The quantitative estimate of drug-likeness (QED) is 0.775. The fraction of sp³-hybridized carbons (Fsp3) is 0. The zero-order chi connectivity index (χ0) is 15.8. The molecule has 9 heteroatoms. The van der Waals surface area contributed by atoms with Crippen molar-refractivity contribution in [3.63, 3.8) is 0 Å². The lowest BCUT2D eigenvalue weighted by molar-refractivity contribution is 0.599. The molecule has 0 aromatic heterocycles. The molecule has 3 N–H and O–H groups in total. The lowest BCUT2D eigenvalue weighted by atomic mass is 10.3. The van der Waals surface area contributed by atoms with E-state index in [2.05, 4.69) is 20.7 Å². The normalized spacial score (nSPS) is 11.4. The van der Waals surface area contributed by atoms with Crippen molar-refractivity contribution in [2.75, 3.05) is 10.5 Å². The van der Waals surface area contributed by atoms with Gasteiger partial charge in [-0.15, -0.1) is 0 Å². The highest BCUT2D eigenvalue weighted by molar-refractivity contribution is 9.10. The Morgan fingerprint density at radius 3 is 2.43 bits per heavy atom. The fourth-order valence-corrected chi connectivity index (χ4v) is 3.74. The Morgan fingerprint density at radius 1 is 1.14 bits per heavy atom. The number of sulfonamides is 1. The smallest absolute Gasteiger partial charge is 0.263 e. The van der Waals surface area contributed by atoms with Gasteiger partial charge in [0.1, 0.15) is 16.5 Å². The molecule has 0 saturated heterocycles. The van der Waals surface area contributed by atoms with E-state index in [9.17, 15) is 17.2 Å². The number of benzene rings is 2. The van der Waals surface area contributed by atoms with Crippen LogP contribution in [0.25, 0.3) is 0 Å². The van der Waals surface area contributed by atoms with Crippen molar-refractivity contribution in [3.05, 3.63) is 51.5 Å². The molecule has 0 radical (unpaired) electrons. The van der Waals surface area contributed by atoms with Crippen LogP contribution in [0, 0.1) is 11.6 Å². The second-order valence-electron chi connectivity index (χ2n) is 4.04. The molecule has 0 aliphatic rings. The molecule has 0 amide bonds.